The molecule has 3 aromatic carbocycles. The Morgan fingerprint density at radius 3 is 2.14 bits per heavy atom. The van der Waals surface area contributed by atoms with Crippen LogP contribution in [0.2, 0.25) is 15.1 Å². The lowest BCUT2D eigenvalue weighted by Crippen LogP contribution is -2.54. The number of rotatable bonds is 11. The summed E-state index contributed by atoms with van der Waals surface area (Å²) in [7, 11) is -4.19. The normalized spacial score (nSPS) is 14.6. The maximum Gasteiger partial charge on any atom is 0.264 e. The average Bonchev–Trinajstić information content (AvgIpc) is 2.98. The van der Waals surface area contributed by atoms with E-state index >= 15 is 0 Å². The highest BCUT2D eigenvalue weighted by atomic mass is 35.5. The van der Waals surface area contributed by atoms with Crippen molar-refractivity contribution in [3.8, 4) is 0 Å². The number of hydrogen-bond donors (Lipinski definition) is 1. The Labute approximate surface area is 269 Å². The Balaban J connectivity index is 1.72. The molecule has 11 heteroatoms. The van der Waals surface area contributed by atoms with Gasteiger partial charge < -0.3 is 10.2 Å². The summed E-state index contributed by atoms with van der Waals surface area (Å²) in [6, 6.07) is 16.8. The summed E-state index contributed by atoms with van der Waals surface area (Å²) in [5.41, 5.74) is 1.84. The van der Waals surface area contributed by atoms with E-state index in [4.69, 9.17) is 34.8 Å². The van der Waals surface area contributed by atoms with Gasteiger partial charge in [-0.2, -0.15) is 0 Å². The van der Waals surface area contributed by atoms with Gasteiger partial charge in [0.1, 0.15) is 12.6 Å². The molecular weight excluding hydrogens is 629 g/mol. The minimum atomic E-state index is -4.19. The first-order valence-corrected chi connectivity index (χ1v) is 17.0. The van der Waals surface area contributed by atoms with Crippen molar-refractivity contribution in [3.05, 3.63) is 92.9 Å². The number of benzene rings is 3. The van der Waals surface area contributed by atoms with Crippen LogP contribution in [0.25, 0.3) is 0 Å². The van der Waals surface area contributed by atoms with Crippen LogP contribution in [-0.2, 0) is 26.2 Å². The van der Waals surface area contributed by atoms with Gasteiger partial charge in [0.2, 0.25) is 11.8 Å². The van der Waals surface area contributed by atoms with Gasteiger partial charge in [-0.15, -0.1) is 0 Å². The molecule has 1 N–H and O–H groups in total. The monoisotopic (exact) mass is 663 g/mol. The Hall–Kier alpha value is -2.78. The van der Waals surface area contributed by atoms with E-state index in [0.29, 0.717) is 32.7 Å². The molecule has 1 atom stereocenters. The quantitative estimate of drug-likeness (QED) is 0.231. The molecule has 0 aromatic heterocycles. The zero-order valence-corrected chi connectivity index (χ0v) is 27.3. The van der Waals surface area contributed by atoms with Crippen LogP contribution >= 0.6 is 34.8 Å². The second kappa shape index (κ2) is 14.8. The van der Waals surface area contributed by atoms with Crippen LogP contribution in [0.4, 0.5) is 5.69 Å². The van der Waals surface area contributed by atoms with Gasteiger partial charge in [0.05, 0.1) is 10.6 Å². The van der Waals surface area contributed by atoms with Gasteiger partial charge in [0, 0.05) is 27.7 Å². The Kier molecular flexibility index (Phi) is 11.4. The fourth-order valence-electron chi connectivity index (χ4n) is 5.27. The van der Waals surface area contributed by atoms with Crippen LogP contribution in [0.3, 0.4) is 0 Å². The van der Waals surface area contributed by atoms with E-state index in [0.717, 1.165) is 42.0 Å². The number of aryl methyl sites for hydroxylation is 1. The Morgan fingerprint density at radius 2 is 1.53 bits per heavy atom. The van der Waals surface area contributed by atoms with Gasteiger partial charge in [-0.05, 0) is 80.3 Å². The molecule has 43 heavy (non-hydrogen) atoms. The second-order valence-corrected chi connectivity index (χ2v) is 14.0. The van der Waals surface area contributed by atoms with E-state index < -0.39 is 28.5 Å². The highest BCUT2D eigenvalue weighted by Crippen LogP contribution is 2.28. The fraction of sp³-hybridized carbons (Fsp3) is 0.375. The van der Waals surface area contributed by atoms with E-state index in [1.807, 2.05) is 13.8 Å². The molecule has 0 spiro atoms. The summed E-state index contributed by atoms with van der Waals surface area (Å²) in [5.74, 6) is -0.815. The summed E-state index contributed by atoms with van der Waals surface area (Å²) in [4.78, 5) is 29.3. The average molecular weight is 665 g/mol. The predicted octanol–water partition coefficient (Wildman–Crippen LogP) is 7.41. The first-order valence-electron chi connectivity index (χ1n) is 14.4. The van der Waals surface area contributed by atoms with E-state index in [1.165, 1.54) is 29.2 Å². The number of halogens is 3. The van der Waals surface area contributed by atoms with Gasteiger partial charge in [-0.3, -0.25) is 13.9 Å². The first-order chi connectivity index (χ1) is 20.5. The molecule has 0 bridgehead atoms. The minimum absolute atomic E-state index is 0.00579. The molecule has 0 heterocycles. The van der Waals surface area contributed by atoms with Crippen LogP contribution in [0.15, 0.2) is 71.6 Å². The van der Waals surface area contributed by atoms with E-state index in [-0.39, 0.29) is 23.4 Å². The van der Waals surface area contributed by atoms with Crippen molar-refractivity contribution >= 4 is 62.3 Å². The van der Waals surface area contributed by atoms with Crippen molar-refractivity contribution < 1.29 is 18.0 Å². The maximum absolute atomic E-state index is 14.3. The van der Waals surface area contributed by atoms with Crippen molar-refractivity contribution in [3.63, 3.8) is 0 Å². The summed E-state index contributed by atoms with van der Waals surface area (Å²) in [6.07, 6.45) is 5.32. The molecule has 0 aliphatic heterocycles. The highest BCUT2D eigenvalue weighted by molar-refractivity contribution is 7.92. The van der Waals surface area contributed by atoms with Crippen molar-refractivity contribution in [1.82, 2.24) is 10.2 Å². The Bertz CT molecular complexity index is 1530. The van der Waals surface area contributed by atoms with Crippen LogP contribution in [0, 0.1) is 6.92 Å². The van der Waals surface area contributed by atoms with E-state index in [2.05, 4.69) is 5.32 Å². The van der Waals surface area contributed by atoms with Crippen molar-refractivity contribution in [2.45, 2.75) is 75.9 Å². The maximum atomic E-state index is 14.3. The van der Waals surface area contributed by atoms with Gasteiger partial charge in [-0.1, -0.05) is 84.8 Å². The third-order valence-corrected chi connectivity index (χ3v) is 10.3. The molecule has 0 unspecified atom stereocenters. The molecule has 2 amide bonds. The number of nitrogens with one attached hydrogen (secondary N) is 1. The zero-order valence-electron chi connectivity index (χ0n) is 24.2. The first kappa shape index (κ1) is 33.1. The molecule has 7 nitrogen and oxygen atoms in total. The van der Waals surface area contributed by atoms with Crippen LogP contribution in [-0.4, -0.2) is 43.8 Å². The Morgan fingerprint density at radius 1 is 0.907 bits per heavy atom. The largest absolute Gasteiger partial charge is 0.352 e. The number of nitrogens with zero attached hydrogens (tertiary/aromatic N) is 2. The molecule has 4 rings (SSSR count). The summed E-state index contributed by atoms with van der Waals surface area (Å²) < 4.78 is 29.0. The topological polar surface area (TPSA) is 86.8 Å². The molecule has 1 fully saturated rings. The minimum Gasteiger partial charge on any atom is -0.352 e. The van der Waals surface area contributed by atoms with Crippen LogP contribution in [0.1, 0.15) is 56.6 Å². The lowest BCUT2D eigenvalue weighted by Gasteiger charge is -2.34. The van der Waals surface area contributed by atoms with Gasteiger partial charge >= 0.3 is 0 Å². The number of sulfonamides is 1. The van der Waals surface area contributed by atoms with E-state index in [1.54, 1.807) is 42.5 Å². The smallest absolute Gasteiger partial charge is 0.264 e. The SMILES string of the molecule is CC[C@H](C(=O)NC1CCCCC1)N(Cc1ccc(Cl)cc1Cl)C(=O)CN(c1ccc(C)cc1)S(=O)(=O)c1ccc(Cl)cc1. The van der Waals surface area contributed by atoms with E-state index in [9.17, 15) is 18.0 Å². The van der Waals surface area contributed by atoms with Crippen LogP contribution in [0.5, 0.6) is 0 Å². The molecule has 3 aromatic rings. The van der Waals surface area contributed by atoms with Crippen molar-refractivity contribution in [2.75, 3.05) is 10.8 Å². The lowest BCUT2D eigenvalue weighted by atomic mass is 9.95. The summed E-state index contributed by atoms with van der Waals surface area (Å²) >= 11 is 18.6. The summed E-state index contributed by atoms with van der Waals surface area (Å²) in [6.45, 7) is 3.18. The third-order valence-electron chi connectivity index (χ3n) is 7.70. The second-order valence-electron chi connectivity index (χ2n) is 10.8. The molecular formula is C32H36Cl3N3O4S. The molecule has 0 radical (unpaired) electrons. The summed E-state index contributed by atoms with van der Waals surface area (Å²) in [5, 5.41) is 4.31. The highest BCUT2D eigenvalue weighted by Gasteiger charge is 2.34. The number of anilines is 1. The number of carbonyl (C=O) groups is 2. The fourth-order valence-corrected chi connectivity index (χ4v) is 7.28. The van der Waals surface area contributed by atoms with Gasteiger partial charge in [0.25, 0.3) is 10.0 Å². The van der Waals surface area contributed by atoms with Crippen molar-refractivity contribution in [2.24, 2.45) is 0 Å². The molecule has 0 saturated heterocycles. The molecule has 1 aliphatic carbocycles. The lowest BCUT2D eigenvalue weighted by molar-refractivity contribution is -0.140. The molecule has 230 valence electrons. The van der Waals surface area contributed by atoms with Crippen molar-refractivity contribution in [1.29, 1.82) is 0 Å². The predicted molar refractivity (Wildman–Crippen MR) is 173 cm³/mol. The molecule has 1 saturated carbocycles. The van der Waals surface area contributed by atoms with Gasteiger partial charge in [0.15, 0.2) is 0 Å². The third kappa shape index (κ3) is 8.44. The van der Waals surface area contributed by atoms with Gasteiger partial charge in [-0.25, -0.2) is 8.42 Å². The van der Waals surface area contributed by atoms with Crippen LogP contribution < -0.4 is 9.62 Å². The molecule has 1 aliphatic rings. The zero-order chi connectivity index (χ0) is 31.1. The standard InChI is InChI=1S/C32H36Cl3N3O4S/c1-3-30(32(40)36-26-7-5-4-6-8-26)37(20-23-11-12-25(34)19-29(23)35)31(39)21-38(27-15-9-22(2)10-16-27)43(41,42)28-17-13-24(33)14-18-28/h9-19,26,30H,3-8,20-21H2,1-2H3,(H,36,40)/t30-/m1/s1. The number of amides is 2. The number of hydrogen-bond acceptors (Lipinski definition) is 4. The number of carbonyl (C=O) groups excluding carboxylic acids is 2.